The number of amides is 1. The molecule has 7 heteroatoms. The van der Waals surface area contributed by atoms with Gasteiger partial charge in [-0.25, -0.2) is 0 Å². The van der Waals surface area contributed by atoms with E-state index < -0.39 is 0 Å². The van der Waals surface area contributed by atoms with E-state index in [9.17, 15) is 4.79 Å². The minimum atomic E-state index is -0.0455. The van der Waals surface area contributed by atoms with Crippen LogP contribution < -0.4 is 10.6 Å². The maximum atomic E-state index is 12.6. The SMILES string of the molecule is Cc1cccc(NC(=O)CCN2C(=S)N[C@H](c3ccccn3)[C@@H]2c2sccc2C)c1. The summed E-state index contributed by atoms with van der Waals surface area (Å²) in [7, 11) is 0. The summed E-state index contributed by atoms with van der Waals surface area (Å²) < 4.78 is 0. The van der Waals surface area contributed by atoms with Gasteiger partial charge in [0.2, 0.25) is 5.91 Å². The van der Waals surface area contributed by atoms with Crippen molar-refractivity contribution in [1.29, 1.82) is 0 Å². The second-order valence-electron chi connectivity index (χ2n) is 7.46. The number of thiocarbonyl (C=S) groups is 1. The van der Waals surface area contributed by atoms with E-state index in [1.165, 1.54) is 10.4 Å². The number of pyridine rings is 1. The summed E-state index contributed by atoms with van der Waals surface area (Å²) in [6.07, 6.45) is 2.15. The molecular formula is C23H24N4OS2. The van der Waals surface area contributed by atoms with E-state index in [4.69, 9.17) is 12.2 Å². The molecule has 4 rings (SSSR count). The van der Waals surface area contributed by atoms with Gasteiger partial charge in [0.05, 0.1) is 17.8 Å². The van der Waals surface area contributed by atoms with Crippen molar-refractivity contribution in [3.8, 4) is 0 Å². The van der Waals surface area contributed by atoms with Crippen LogP contribution in [-0.2, 0) is 4.79 Å². The third-order valence-electron chi connectivity index (χ3n) is 5.25. The summed E-state index contributed by atoms with van der Waals surface area (Å²) in [5, 5.41) is 9.18. The number of hydrogen-bond acceptors (Lipinski definition) is 4. The number of hydrogen-bond donors (Lipinski definition) is 2. The van der Waals surface area contributed by atoms with E-state index >= 15 is 0 Å². The molecule has 0 radical (unpaired) electrons. The molecule has 0 saturated carbocycles. The van der Waals surface area contributed by atoms with Crippen LogP contribution in [0, 0.1) is 13.8 Å². The van der Waals surface area contributed by atoms with Gasteiger partial charge in [-0.15, -0.1) is 11.3 Å². The van der Waals surface area contributed by atoms with Crippen LogP contribution >= 0.6 is 23.6 Å². The maximum absolute atomic E-state index is 12.6. The summed E-state index contributed by atoms with van der Waals surface area (Å²) >= 11 is 7.39. The topological polar surface area (TPSA) is 57.3 Å². The Hall–Kier alpha value is -2.77. The molecule has 0 spiro atoms. The monoisotopic (exact) mass is 436 g/mol. The summed E-state index contributed by atoms with van der Waals surface area (Å²) in [5.74, 6) is -0.0219. The number of carbonyl (C=O) groups excluding carboxylic acids is 1. The third-order valence-corrected chi connectivity index (χ3v) is 6.69. The minimum Gasteiger partial charge on any atom is -0.352 e. The molecule has 3 aromatic rings. The molecular weight excluding hydrogens is 412 g/mol. The Kier molecular flexibility index (Phi) is 6.11. The molecule has 1 amide bonds. The molecule has 1 aliphatic rings. The van der Waals surface area contributed by atoms with Gasteiger partial charge in [0.25, 0.3) is 0 Å². The maximum Gasteiger partial charge on any atom is 0.226 e. The zero-order valence-electron chi connectivity index (χ0n) is 17.0. The Morgan fingerprint density at radius 1 is 1.23 bits per heavy atom. The van der Waals surface area contributed by atoms with Crippen molar-refractivity contribution in [2.24, 2.45) is 0 Å². The van der Waals surface area contributed by atoms with Crippen molar-refractivity contribution in [3.63, 3.8) is 0 Å². The molecule has 1 saturated heterocycles. The fourth-order valence-corrected chi connectivity index (χ4v) is 5.19. The van der Waals surface area contributed by atoms with Crippen LogP contribution in [0.5, 0.6) is 0 Å². The number of rotatable bonds is 6. The second kappa shape index (κ2) is 8.93. The first-order valence-electron chi connectivity index (χ1n) is 9.91. The van der Waals surface area contributed by atoms with Gasteiger partial charge in [0, 0.05) is 29.7 Å². The van der Waals surface area contributed by atoms with Gasteiger partial charge in [0.1, 0.15) is 0 Å². The number of thiophene rings is 1. The van der Waals surface area contributed by atoms with E-state index in [2.05, 4.69) is 38.9 Å². The fourth-order valence-electron chi connectivity index (χ4n) is 3.79. The standard InChI is InChI=1S/C23H24N4OS2/c1-15-6-5-7-17(14-15)25-19(28)9-12-27-21(22-16(2)10-13-30-22)20(26-23(27)29)18-8-3-4-11-24-18/h3-8,10-11,13-14,20-21H,9,12H2,1-2H3,(H,25,28)(H,26,29)/t20-,21-/m1/s1. The van der Waals surface area contributed by atoms with E-state index in [0.717, 1.165) is 16.9 Å². The molecule has 0 bridgehead atoms. The summed E-state index contributed by atoms with van der Waals surface area (Å²) in [6, 6.07) is 15.8. The predicted octanol–water partition coefficient (Wildman–Crippen LogP) is 4.76. The molecule has 5 nitrogen and oxygen atoms in total. The van der Waals surface area contributed by atoms with Crippen LogP contribution in [0.15, 0.2) is 60.1 Å². The number of carbonyl (C=O) groups is 1. The first-order valence-corrected chi connectivity index (χ1v) is 11.2. The number of benzene rings is 1. The van der Waals surface area contributed by atoms with E-state index in [1.54, 1.807) is 17.5 Å². The lowest BCUT2D eigenvalue weighted by atomic mass is 10.0. The van der Waals surface area contributed by atoms with Crippen molar-refractivity contribution in [1.82, 2.24) is 15.2 Å². The molecule has 154 valence electrons. The third kappa shape index (κ3) is 4.37. The van der Waals surface area contributed by atoms with Crippen molar-refractivity contribution in [2.75, 3.05) is 11.9 Å². The first kappa shape index (κ1) is 20.5. The Balaban J connectivity index is 1.52. The van der Waals surface area contributed by atoms with E-state index in [0.29, 0.717) is 18.1 Å². The van der Waals surface area contributed by atoms with Gasteiger partial charge in [-0.3, -0.25) is 9.78 Å². The van der Waals surface area contributed by atoms with Crippen molar-refractivity contribution >= 4 is 40.3 Å². The quantitative estimate of drug-likeness (QED) is 0.546. The lowest BCUT2D eigenvalue weighted by molar-refractivity contribution is -0.116. The van der Waals surface area contributed by atoms with E-state index in [-0.39, 0.29) is 18.0 Å². The molecule has 0 unspecified atom stereocenters. The first-order chi connectivity index (χ1) is 14.5. The van der Waals surface area contributed by atoms with Crippen LogP contribution in [0.25, 0.3) is 0 Å². The normalized spacial score (nSPS) is 18.3. The summed E-state index contributed by atoms with van der Waals surface area (Å²) in [6.45, 7) is 4.66. The zero-order chi connectivity index (χ0) is 21.1. The highest BCUT2D eigenvalue weighted by Gasteiger charge is 2.40. The Morgan fingerprint density at radius 2 is 2.10 bits per heavy atom. The highest BCUT2D eigenvalue weighted by molar-refractivity contribution is 7.80. The van der Waals surface area contributed by atoms with Crippen molar-refractivity contribution in [3.05, 3.63) is 81.8 Å². The molecule has 2 aromatic heterocycles. The Morgan fingerprint density at radius 3 is 2.80 bits per heavy atom. The van der Waals surface area contributed by atoms with Crippen LogP contribution in [0.2, 0.25) is 0 Å². The molecule has 30 heavy (non-hydrogen) atoms. The van der Waals surface area contributed by atoms with Gasteiger partial charge in [-0.05, 0) is 72.9 Å². The van der Waals surface area contributed by atoms with Gasteiger partial charge in [0.15, 0.2) is 5.11 Å². The number of nitrogens with one attached hydrogen (secondary N) is 2. The van der Waals surface area contributed by atoms with Gasteiger partial charge >= 0.3 is 0 Å². The lowest BCUT2D eigenvalue weighted by Crippen LogP contribution is -2.32. The van der Waals surface area contributed by atoms with Gasteiger partial charge in [-0.1, -0.05) is 18.2 Å². The number of aromatic nitrogens is 1. The van der Waals surface area contributed by atoms with Gasteiger partial charge < -0.3 is 15.5 Å². The molecule has 2 N–H and O–H groups in total. The second-order valence-corrected chi connectivity index (χ2v) is 8.79. The molecule has 0 aliphatic carbocycles. The smallest absolute Gasteiger partial charge is 0.226 e. The van der Waals surface area contributed by atoms with Crippen LogP contribution in [0.1, 0.15) is 40.2 Å². The number of aryl methyl sites for hydroxylation is 2. The number of anilines is 1. The molecule has 2 atom stereocenters. The van der Waals surface area contributed by atoms with Crippen LogP contribution in [0.3, 0.4) is 0 Å². The van der Waals surface area contributed by atoms with Crippen molar-refractivity contribution in [2.45, 2.75) is 32.4 Å². The highest BCUT2D eigenvalue weighted by Crippen LogP contribution is 2.41. The molecule has 1 fully saturated rings. The molecule has 1 aliphatic heterocycles. The van der Waals surface area contributed by atoms with Gasteiger partial charge in [-0.2, -0.15) is 0 Å². The van der Waals surface area contributed by atoms with E-state index in [1.807, 2.05) is 49.4 Å². The Labute approximate surface area is 186 Å². The molecule has 1 aromatic carbocycles. The lowest BCUT2D eigenvalue weighted by Gasteiger charge is -2.27. The highest BCUT2D eigenvalue weighted by atomic mass is 32.1. The predicted molar refractivity (Wildman–Crippen MR) is 126 cm³/mol. The summed E-state index contributed by atoms with van der Waals surface area (Å²) in [5.41, 5.74) is 4.11. The molecule has 3 heterocycles. The minimum absolute atomic E-state index is 0.0131. The average molecular weight is 437 g/mol. The Bertz CT molecular complexity index is 1050. The zero-order valence-corrected chi connectivity index (χ0v) is 18.6. The fraction of sp³-hybridized carbons (Fsp3) is 0.261. The van der Waals surface area contributed by atoms with Crippen LogP contribution in [-0.4, -0.2) is 27.4 Å². The van der Waals surface area contributed by atoms with Crippen molar-refractivity contribution < 1.29 is 4.79 Å². The van der Waals surface area contributed by atoms with Crippen LogP contribution in [0.4, 0.5) is 5.69 Å². The summed E-state index contributed by atoms with van der Waals surface area (Å²) in [4.78, 5) is 20.5. The average Bonchev–Trinajstić information content (AvgIpc) is 3.29. The largest absolute Gasteiger partial charge is 0.352 e. The number of nitrogens with zero attached hydrogens (tertiary/aromatic N) is 2.